The van der Waals surface area contributed by atoms with Crippen molar-refractivity contribution >= 4 is 29.2 Å². The maximum absolute atomic E-state index is 13.8. The number of nitrogens with zero attached hydrogens (tertiary/aromatic N) is 3. The molecule has 0 saturated carbocycles. The quantitative estimate of drug-likeness (QED) is 0.291. The predicted octanol–water partition coefficient (Wildman–Crippen LogP) is 5.91. The van der Waals surface area contributed by atoms with Crippen molar-refractivity contribution in [3.8, 4) is 22.6 Å². The molecule has 5 rings (SSSR count). The number of hydrogen-bond donors (Lipinski definition) is 1. The standard InChI is InChI=1S/C31H31ClN4O4/c1-20-14-16-26(36(20)31(38)28(40-3)22-15-17-27(39-2)25(32)18-22)30(37)33-29-24(21-10-6-4-7-11-21)19-35(34-29)23-12-8-5-9-13-23/h4-13,15,17-20,26,28H,14,16H2,1-3H3,(H,33,34,37)/t20-,26+,28+/m0/s1. The number of ether oxygens (including phenoxy) is 2. The van der Waals surface area contributed by atoms with E-state index in [0.717, 1.165) is 16.8 Å². The number of likely N-dealkylation sites (tertiary alicyclic amines) is 1. The second-order valence-electron chi connectivity index (χ2n) is 9.72. The van der Waals surface area contributed by atoms with Crippen LogP contribution in [0.25, 0.3) is 16.8 Å². The lowest BCUT2D eigenvalue weighted by Gasteiger charge is -2.31. The summed E-state index contributed by atoms with van der Waals surface area (Å²) in [5, 5.41) is 8.11. The van der Waals surface area contributed by atoms with Gasteiger partial charge in [0.25, 0.3) is 5.91 Å². The van der Waals surface area contributed by atoms with Gasteiger partial charge in [0.1, 0.15) is 11.8 Å². The van der Waals surface area contributed by atoms with Crippen molar-refractivity contribution in [3.05, 3.63) is 95.6 Å². The van der Waals surface area contributed by atoms with E-state index in [-0.39, 0.29) is 17.9 Å². The first-order valence-corrected chi connectivity index (χ1v) is 13.5. The molecule has 1 aliphatic rings. The number of methoxy groups -OCH3 is 2. The van der Waals surface area contributed by atoms with E-state index < -0.39 is 12.1 Å². The van der Waals surface area contributed by atoms with Crippen LogP contribution in [0.1, 0.15) is 31.4 Å². The van der Waals surface area contributed by atoms with E-state index in [1.165, 1.54) is 14.2 Å². The van der Waals surface area contributed by atoms with Crippen LogP contribution in [0.3, 0.4) is 0 Å². The largest absolute Gasteiger partial charge is 0.495 e. The molecule has 0 spiro atoms. The number of para-hydroxylation sites is 1. The first kappa shape index (κ1) is 27.4. The molecule has 4 aromatic rings. The number of carbonyl (C=O) groups is 2. The topological polar surface area (TPSA) is 85.7 Å². The maximum Gasteiger partial charge on any atom is 0.257 e. The Bertz CT molecular complexity index is 1490. The maximum atomic E-state index is 13.8. The molecule has 0 bridgehead atoms. The third kappa shape index (κ3) is 5.46. The Balaban J connectivity index is 1.43. The third-order valence-corrected chi connectivity index (χ3v) is 7.52. The van der Waals surface area contributed by atoms with Crippen LogP contribution >= 0.6 is 11.6 Å². The van der Waals surface area contributed by atoms with Gasteiger partial charge in [-0.25, -0.2) is 4.68 Å². The van der Waals surface area contributed by atoms with Gasteiger partial charge in [0.15, 0.2) is 11.9 Å². The molecule has 1 aliphatic heterocycles. The van der Waals surface area contributed by atoms with Crippen LogP contribution in [0.4, 0.5) is 5.82 Å². The highest BCUT2D eigenvalue weighted by atomic mass is 35.5. The fraction of sp³-hybridized carbons (Fsp3) is 0.258. The summed E-state index contributed by atoms with van der Waals surface area (Å²) >= 11 is 6.33. The Morgan fingerprint density at radius 2 is 1.70 bits per heavy atom. The fourth-order valence-electron chi connectivity index (χ4n) is 5.18. The molecule has 206 valence electrons. The van der Waals surface area contributed by atoms with Crippen molar-refractivity contribution in [3.63, 3.8) is 0 Å². The van der Waals surface area contributed by atoms with E-state index in [4.69, 9.17) is 26.2 Å². The van der Waals surface area contributed by atoms with Gasteiger partial charge in [-0.2, -0.15) is 0 Å². The molecule has 2 heterocycles. The molecule has 2 amide bonds. The highest BCUT2D eigenvalue weighted by Gasteiger charge is 2.42. The van der Waals surface area contributed by atoms with E-state index in [1.54, 1.807) is 27.8 Å². The summed E-state index contributed by atoms with van der Waals surface area (Å²) in [6, 6.07) is 23.7. The van der Waals surface area contributed by atoms with Crippen LogP contribution in [0.15, 0.2) is 85.1 Å². The minimum atomic E-state index is -0.920. The zero-order valence-corrected chi connectivity index (χ0v) is 23.3. The second kappa shape index (κ2) is 11.9. The van der Waals surface area contributed by atoms with Gasteiger partial charge >= 0.3 is 0 Å². The number of benzene rings is 3. The molecule has 8 nitrogen and oxygen atoms in total. The molecule has 1 fully saturated rings. The van der Waals surface area contributed by atoms with Gasteiger partial charge in [0.2, 0.25) is 5.91 Å². The van der Waals surface area contributed by atoms with Gasteiger partial charge in [-0.15, -0.1) is 5.10 Å². The van der Waals surface area contributed by atoms with Crippen LogP contribution in [0, 0.1) is 0 Å². The minimum Gasteiger partial charge on any atom is -0.495 e. The molecule has 0 radical (unpaired) electrons. The summed E-state index contributed by atoms with van der Waals surface area (Å²) < 4.78 is 12.6. The molecule has 1 saturated heterocycles. The van der Waals surface area contributed by atoms with E-state index in [0.29, 0.717) is 35.0 Å². The van der Waals surface area contributed by atoms with E-state index in [9.17, 15) is 9.59 Å². The minimum absolute atomic E-state index is 0.148. The molecule has 3 aromatic carbocycles. The van der Waals surface area contributed by atoms with Crippen molar-refractivity contribution in [1.29, 1.82) is 0 Å². The van der Waals surface area contributed by atoms with Crippen LogP contribution < -0.4 is 10.1 Å². The highest BCUT2D eigenvalue weighted by Crippen LogP contribution is 2.34. The van der Waals surface area contributed by atoms with E-state index in [2.05, 4.69) is 5.32 Å². The molecule has 3 atom stereocenters. The van der Waals surface area contributed by atoms with Crippen molar-refractivity contribution in [1.82, 2.24) is 14.7 Å². The van der Waals surface area contributed by atoms with E-state index >= 15 is 0 Å². The average Bonchev–Trinajstić information content (AvgIpc) is 3.58. The van der Waals surface area contributed by atoms with Gasteiger partial charge in [0.05, 0.1) is 17.8 Å². The lowest BCUT2D eigenvalue weighted by Crippen LogP contribution is -2.48. The number of hydrogen-bond acceptors (Lipinski definition) is 5. The number of aromatic nitrogens is 2. The number of halogens is 1. The average molecular weight is 559 g/mol. The van der Waals surface area contributed by atoms with Crippen molar-refractivity contribution < 1.29 is 19.1 Å². The summed E-state index contributed by atoms with van der Waals surface area (Å²) in [6.45, 7) is 1.94. The Labute approximate surface area is 238 Å². The molecule has 1 aromatic heterocycles. The zero-order chi connectivity index (χ0) is 28.2. The third-order valence-electron chi connectivity index (χ3n) is 7.23. The molecule has 0 aliphatic carbocycles. The number of carbonyl (C=O) groups excluding carboxylic acids is 2. The Morgan fingerprint density at radius 1 is 1.00 bits per heavy atom. The Hall–Kier alpha value is -4.14. The monoisotopic (exact) mass is 558 g/mol. The molecular weight excluding hydrogens is 528 g/mol. The second-order valence-corrected chi connectivity index (χ2v) is 10.1. The number of nitrogens with one attached hydrogen (secondary N) is 1. The first-order chi connectivity index (χ1) is 19.4. The highest BCUT2D eigenvalue weighted by molar-refractivity contribution is 6.32. The predicted molar refractivity (Wildman–Crippen MR) is 155 cm³/mol. The normalized spacial score (nSPS) is 17.4. The first-order valence-electron chi connectivity index (χ1n) is 13.1. The SMILES string of the molecule is COc1ccc([C@@H](OC)C(=O)N2[C@@H](C(=O)Nc3nn(-c4ccccc4)cc3-c3ccccc3)CC[C@@H]2C)cc1Cl. The summed E-state index contributed by atoms with van der Waals surface area (Å²) in [5.41, 5.74) is 3.16. The Kier molecular flexibility index (Phi) is 8.19. The van der Waals surface area contributed by atoms with Crippen LogP contribution in [-0.4, -0.2) is 52.8 Å². The van der Waals surface area contributed by atoms with Gasteiger partial charge in [0, 0.05) is 24.9 Å². The summed E-state index contributed by atoms with van der Waals surface area (Å²) in [7, 11) is 3.00. The lowest BCUT2D eigenvalue weighted by atomic mass is 10.1. The Morgan fingerprint density at radius 3 is 2.35 bits per heavy atom. The molecule has 1 N–H and O–H groups in total. The summed E-state index contributed by atoms with van der Waals surface area (Å²) in [4.78, 5) is 29.2. The summed E-state index contributed by atoms with van der Waals surface area (Å²) in [6.07, 6.45) is 2.19. The smallest absolute Gasteiger partial charge is 0.257 e. The fourth-order valence-corrected chi connectivity index (χ4v) is 5.45. The summed E-state index contributed by atoms with van der Waals surface area (Å²) in [5.74, 6) is 0.337. The molecule has 40 heavy (non-hydrogen) atoms. The number of rotatable bonds is 8. The number of amides is 2. The van der Waals surface area contributed by atoms with E-state index in [1.807, 2.05) is 73.8 Å². The molecule has 9 heteroatoms. The number of anilines is 1. The van der Waals surface area contributed by atoms with Crippen molar-refractivity contribution in [2.24, 2.45) is 0 Å². The van der Waals surface area contributed by atoms with Gasteiger partial charge in [-0.05, 0) is 55.2 Å². The van der Waals surface area contributed by atoms with Crippen molar-refractivity contribution in [2.75, 3.05) is 19.5 Å². The van der Waals surface area contributed by atoms with Gasteiger partial charge in [-0.3, -0.25) is 9.59 Å². The molecular formula is C31H31ClN4O4. The van der Waals surface area contributed by atoms with Crippen LogP contribution in [0.2, 0.25) is 5.02 Å². The zero-order valence-electron chi connectivity index (χ0n) is 22.6. The van der Waals surface area contributed by atoms with Gasteiger partial charge < -0.3 is 19.7 Å². The molecule has 0 unspecified atom stereocenters. The van der Waals surface area contributed by atoms with Crippen LogP contribution in [0.5, 0.6) is 5.75 Å². The van der Waals surface area contributed by atoms with Crippen LogP contribution in [-0.2, 0) is 14.3 Å². The van der Waals surface area contributed by atoms with Crippen molar-refractivity contribution in [2.45, 2.75) is 38.0 Å². The van der Waals surface area contributed by atoms with Gasteiger partial charge in [-0.1, -0.05) is 66.2 Å². The lowest BCUT2D eigenvalue weighted by molar-refractivity contribution is -0.148.